The molecule has 0 amide bonds. The molecule has 2 atom stereocenters. The second kappa shape index (κ2) is 6.71. The summed E-state index contributed by atoms with van der Waals surface area (Å²) < 4.78 is 11.6. The summed E-state index contributed by atoms with van der Waals surface area (Å²) in [7, 11) is 1.78. The van der Waals surface area contributed by atoms with Crippen LogP contribution < -0.4 is 10.1 Å². The van der Waals surface area contributed by atoms with Gasteiger partial charge in [-0.2, -0.15) is 0 Å². The minimum Gasteiger partial charge on any atom is -0.491 e. The number of methoxy groups -OCH3 is 1. The second-order valence-electron chi connectivity index (χ2n) is 8.33. The largest absolute Gasteiger partial charge is 0.491 e. The van der Waals surface area contributed by atoms with Crippen LogP contribution in [-0.4, -0.2) is 58.8 Å². The minimum atomic E-state index is 0. The number of H-pyrrole nitrogens is 1. The number of para-hydroxylation sites is 1. The van der Waals surface area contributed by atoms with Gasteiger partial charge in [0.25, 0.3) is 0 Å². The van der Waals surface area contributed by atoms with Gasteiger partial charge in [-0.3, -0.25) is 4.90 Å². The monoisotopic (exact) mass is 393 g/mol. The number of aromatic nitrogens is 3. The minimum absolute atomic E-state index is 0. The van der Waals surface area contributed by atoms with Crippen molar-refractivity contribution >= 4 is 16.9 Å². The molecule has 3 aromatic rings. The number of hydrogen-bond donors (Lipinski definition) is 2. The molecule has 2 fully saturated rings. The number of nitrogens with one attached hydrogen (secondary N) is 2. The highest BCUT2D eigenvalue weighted by Gasteiger charge is 2.41. The van der Waals surface area contributed by atoms with Crippen LogP contribution in [0.5, 0.6) is 5.75 Å². The summed E-state index contributed by atoms with van der Waals surface area (Å²) in [5, 5.41) is 4.82. The van der Waals surface area contributed by atoms with Gasteiger partial charge in [-0.05, 0) is 30.9 Å². The van der Waals surface area contributed by atoms with Gasteiger partial charge in [0.1, 0.15) is 30.1 Å². The van der Waals surface area contributed by atoms with Gasteiger partial charge in [0.15, 0.2) is 0 Å². The Morgan fingerprint density at radius 2 is 2.10 bits per heavy atom. The predicted octanol–water partition coefficient (Wildman–Crippen LogP) is 3.33. The first kappa shape index (κ1) is 17.2. The lowest BCUT2D eigenvalue weighted by Gasteiger charge is -2.48. The highest BCUT2D eigenvalue weighted by molar-refractivity contribution is 5.88. The average molecular weight is 393 g/mol. The van der Waals surface area contributed by atoms with Crippen molar-refractivity contribution in [1.29, 1.82) is 0 Å². The molecule has 29 heavy (non-hydrogen) atoms. The summed E-state index contributed by atoms with van der Waals surface area (Å²) in [5.41, 5.74) is 3.36. The Balaban J connectivity index is 0.00000193. The first-order chi connectivity index (χ1) is 14.3. The summed E-state index contributed by atoms with van der Waals surface area (Å²) >= 11 is 0. The third-order valence-electron chi connectivity index (χ3n) is 6.48. The standard InChI is InChI=1S/C22H25N5O2.H2/c1-28-14-9-27(10-14)18-11-29-19-5-3-2-4-15(19)20(18)26-22-16-8-17(13-6-7-13)25-21(16)23-12-24-22;/h2-5,8,12-14,18,20H,6-7,9-11H2,1H3,(H2,23,24,25,26);1H/t18-,20-;/m1./s1. The topological polar surface area (TPSA) is 75.3 Å². The maximum atomic E-state index is 6.10. The molecule has 1 aromatic carbocycles. The van der Waals surface area contributed by atoms with Crippen LogP contribution in [0.1, 0.15) is 37.5 Å². The van der Waals surface area contributed by atoms with Crippen molar-refractivity contribution in [3.8, 4) is 5.75 Å². The molecule has 1 saturated carbocycles. The van der Waals surface area contributed by atoms with E-state index in [9.17, 15) is 0 Å². The Bertz CT molecular complexity index is 1050. The molecule has 6 rings (SSSR count). The summed E-state index contributed by atoms with van der Waals surface area (Å²) in [5.74, 6) is 2.48. The molecule has 0 radical (unpaired) electrons. The lowest BCUT2D eigenvalue weighted by Crippen LogP contribution is -2.60. The van der Waals surface area contributed by atoms with Crippen molar-refractivity contribution in [1.82, 2.24) is 19.9 Å². The summed E-state index contributed by atoms with van der Waals surface area (Å²) in [6.45, 7) is 2.51. The molecule has 0 bridgehead atoms. The van der Waals surface area contributed by atoms with Crippen LogP contribution in [0.25, 0.3) is 11.0 Å². The lowest BCUT2D eigenvalue weighted by atomic mass is 9.92. The summed E-state index contributed by atoms with van der Waals surface area (Å²) in [4.78, 5) is 15.0. The third kappa shape index (κ3) is 2.96. The quantitative estimate of drug-likeness (QED) is 0.693. The maximum Gasteiger partial charge on any atom is 0.143 e. The van der Waals surface area contributed by atoms with Gasteiger partial charge >= 0.3 is 0 Å². The van der Waals surface area contributed by atoms with Crippen LogP contribution in [0.3, 0.4) is 0 Å². The number of nitrogens with zero attached hydrogens (tertiary/aromatic N) is 3. The Morgan fingerprint density at radius 1 is 1.24 bits per heavy atom. The first-order valence-electron chi connectivity index (χ1n) is 10.4. The molecule has 2 aliphatic heterocycles. The lowest BCUT2D eigenvalue weighted by molar-refractivity contribution is -0.0654. The fraction of sp³-hybridized carbons (Fsp3) is 0.455. The van der Waals surface area contributed by atoms with Gasteiger partial charge in [0.05, 0.1) is 23.6 Å². The maximum absolute atomic E-state index is 6.10. The Hall–Kier alpha value is -2.64. The highest BCUT2D eigenvalue weighted by atomic mass is 16.5. The molecule has 4 heterocycles. The zero-order valence-corrected chi connectivity index (χ0v) is 16.5. The van der Waals surface area contributed by atoms with E-state index in [1.54, 1.807) is 13.4 Å². The molecular formula is C22H27N5O2. The summed E-state index contributed by atoms with van der Waals surface area (Å²) in [6, 6.07) is 10.8. The molecule has 0 spiro atoms. The average Bonchev–Trinajstić information content (AvgIpc) is 3.47. The normalized spacial score (nSPS) is 24.7. The van der Waals surface area contributed by atoms with E-state index in [0.29, 0.717) is 18.6 Å². The molecule has 1 aliphatic carbocycles. The fourth-order valence-electron chi connectivity index (χ4n) is 4.56. The van der Waals surface area contributed by atoms with Crippen molar-refractivity contribution in [3.63, 3.8) is 0 Å². The van der Waals surface area contributed by atoms with Gasteiger partial charge in [-0.25, -0.2) is 9.97 Å². The van der Waals surface area contributed by atoms with Crippen LogP contribution in [0.4, 0.5) is 5.82 Å². The third-order valence-corrected chi connectivity index (χ3v) is 6.48. The van der Waals surface area contributed by atoms with Crippen molar-refractivity contribution in [2.75, 3.05) is 32.1 Å². The number of hydrogen-bond acceptors (Lipinski definition) is 6. The number of aromatic amines is 1. The number of rotatable bonds is 5. The van der Waals surface area contributed by atoms with E-state index >= 15 is 0 Å². The Morgan fingerprint density at radius 3 is 2.93 bits per heavy atom. The van der Waals surface area contributed by atoms with E-state index < -0.39 is 0 Å². The van der Waals surface area contributed by atoms with Gasteiger partial charge in [-0.1, -0.05) is 18.2 Å². The second-order valence-corrected chi connectivity index (χ2v) is 8.33. The van der Waals surface area contributed by atoms with Crippen LogP contribution in [0.15, 0.2) is 36.7 Å². The molecule has 2 N–H and O–H groups in total. The molecular weight excluding hydrogens is 366 g/mol. The Kier molecular flexibility index (Phi) is 3.99. The van der Waals surface area contributed by atoms with Crippen molar-refractivity contribution in [2.24, 2.45) is 0 Å². The van der Waals surface area contributed by atoms with Gasteiger partial charge in [0, 0.05) is 32.9 Å². The van der Waals surface area contributed by atoms with E-state index in [2.05, 4.69) is 43.4 Å². The van der Waals surface area contributed by atoms with Crippen molar-refractivity contribution in [3.05, 3.63) is 47.9 Å². The predicted molar refractivity (Wildman–Crippen MR) is 112 cm³/mol. The van der Waals surface area contributed by atoms with Gasteiger partial charge in [-0.15, -0.1) is 0 Å². The van der Waals surface area contributed by atoms with Gasteiger partial charge in [0.2, 0.25) is 0 Å². The molecule has 7 nitrogen and oxygen atoms in total. The van der Waals surface area contributed by atoms with Crippen molar-refractivity contribution < 1.29 is 10.9 Å². The Labute approximate surface area is 170 Å². The number of anilines is 1. The van der Waals surface area contributed by atoms with E-state index in [4.69, 9.17) is 9.47 Å². The fourth-order valence-corrected chi connectivity index (χ4v) is 4.56. The van der Waals surface area contributed by atoms with E-state index in [1.165, 1.54) is 24.1 Å². The van der Waals surface area contributed by atoms with Crippen LogP contribution in [-0.2, 0) is 4.74 Å². The SMILES string of the molecule is COC1CN([C@@H]2COc3ccccc3[C@H]2Nc2ncnc3[nH]c(C4CC4)cc23)C1.[HH]. The van der Waals surface area contributed by atoms with Crippen molar-refractivity contribution in [2.45, 2.75) is 36.9 Å². The van der Waals surface area contributed by atoms with E-state index in [0.717, 1.165) is 35.7 Å². The molecule has 1 saturated heterocycles. The van der Waals surface area contributed by atoms with Crippen LogP contribution in [0.2, 0.25) is 0 Å². The molecule has 0 unspecified atom stereocenters. The molecule has 152 valence electrons. The van der Waals surface area contributed by atoms with Crippen LogP contribution >= 0.6 is 0 Å². The van der Waals surface area contributed by atoms with Crippen LogP contribution in [0, 0.1) is 0 Å². The zero-order chi connectivity index (χ0) is 19.4. The number of fused-ring (bicyclic) bond motifs is 2. The first-order valence-corrected chi connectivity index (χ1v) is 10.4. The smallest absolute Gasteiger partial charge is 0.143 e. The zero-order valence-electron chi connectivity index (χ0n) is 16.5. The molecule has 7 heteroatoms. The molecule has 3 aliphatic rings. The summed E-state index contributed by atoms with van der Waals surface area (Å²) in [6.07, 6.45) is 4.47. The number of benzene rings is 1. The molecule has 2 aromatic heterocycles. The number of likely N-dealkylation sites (tertiary alicyclic amines) is 1. The number of ether oxygens (including phenoxy) is 2. The van der Waals surface area contributed by atoms with Gasteiger partial charge < -0.3 is 19.8 Å². The van der Waals surface area contributed by atoms with E-state index in [1.807, 2.05) is 12.1 Å². The van der Waals surface area contributed by atoms with E-state index in [-0.39, 0.29) is 13.5 Å². The highest BCUT2D eigenvalue weighted by Crippen LogP contribution is 2.42.